The van der Waals surface area contributed by atoms with Crippen LogP contribution in [-0.2, 0) is 4.79 Å². The first-order valence-corrected chi connectivity index (χ1v) is 2.56. The molecule has 0 saturated heterocycles. The van der Waals surface area contributed by atoms with Gasteiger partial charge in [0.05, 0.1) is 5.82 Å². The number of nitrogens with two attached hydrogens (primary N) is 1. The van der Waals surface area contributed by atoms with E-state index in [2.05, 4.69) is 11.9 Å². The van der Waals surface area contributed by atoms with E-state index in [9.17, 15) is 4.79 Å². The Labute approximate surface area is 54.2 Å². The second kappa shape index (κ2) is 3.72. The molecule has 0 aromatic heterocycles. The third-order valence-electron chi connectivity index (χ3n) is 0.764. The highest BCUT2D eigenvalue weighted by molar-refractivity contribution is 5.88. The maximum Gasteiger partial charge on any atom is 0.248 e. The molecular weight excluding hydrogens is 116 g/mol. The summed E-state index contributed by atoms with van der Waals surface area (Å²) in [7, 11) is 0. The molecule has 0 heterocycles. The first-order chi connectivity index (χ1) is 4.20. The third kappa shape index (κ3) is 3.34. The zero-order chi connectivity index (χ0) is 7.28. The maximum absolute atomic E-state index is 10.4. The zero-order valence-electron chi connectivity index (χ0n) is 5.35. The molecule has 0 aliphatic carbocycles. The summed E-state index contributed by atoms with van der Waals surface area (Å²) in [6.07, 6.45) is 2.76. The van der Waals surface area contributed by atoms with Crippen LogP contribution in [0.1, 0.15) is 6.92 Å². The summed E-state index contributed by atoms with van der Waals surface area (Å²) in [6, 6.07) is 0. The molecule has 0 bridgehead atoms. The number of rotatable bonds is 2. The molecule has 3 N–H and O–H groups in total. The van der Waals surface area contributed by atoms with Crippen LogP contribution in [0.25, 0.3) is 0 Å². The average Bonchev–Trinajstić information content (AvgIpc) is 1.87. The summed E-state index contributed by atoms with van der Waals surface area (Å²) in [4.78, 5) is 10.4. The van der Waals surface area contributed by atoms with Crippen molar-refractivity contribution in [1.82, 2.24) is 5.32 Å². The molecule has 0 aromatic rings. The highest BCUT2D eigenvalue weighted by Gasteiger charge is 1.90. The van der Waals surface area contributed by atoms with Gasteiger partial charge in [-0.3, -0.25) is 4.79 Å². The fourth-order valence-electron chi connectivity index (χ4n) is 0.265. The third-order valence-corrected chi connectivity index (χ3v) is 0.764. The van der Waals surface area contributed by atoms with Gasteiger partial charge >= 0.3 is 0 Å². The van der Waals surface area contributed by atoms with Gasteiger partial charge in [-0.15, -0.1) is 0 Å². The van der Waals surface area contributed by atoms with Crippen LogP contribution in [-0.4, -0.2) is 5.91 Å². The molecule has 0 rings (SSSR count). The number of carbonyl (C=O) groups excluding carboxylic acids is 1. The Bertz CT molecular complexity index is 149. The van der Waals surface area contributed by atoms with E-state index in [1.807, 2.05) is 0 Å². The van der Waals surface area contributed by atoms with Gasteiger partial charge in [0, 0.05) is 0 Å². The van der Waals surface area contributed by atoms with Crippen LogP contribution >= 0.6 is 0 Å². The molecule has 0 fully saturated rings. The predicted octanol–water partition coefficient (Wildman–Crippen LogP) is 0.109. The Hall–Kier alpha value is -1.25. The SMILES string of the molecule is C=CC(=O)NC(N)=CC. The van der Waals surface area contributed by atoms with E-state index < -0.39 is 0 Å². The summed E-state index contributed by atoms with van der Waals surface area (Å²) >= 11 is 0. The molecule has 3 heteroatoms. The minimum Gasteiger partial charge on any atom is -0.385 e. The van der Waals surface area contributed by atoms with Gasteiger partial charge in [-0.2, -0.15) is 0 Å². The van der Waals surface area contributed by atoms with Crippen molar-refractivity contribution in [3.8, 4) is 0 Å². The van der Waals surface area contributed by atoms with Gasteiger partial charge in [-0.1, -0.05) is 6.58 Å². The molecule has 0 aliphatic rings. The lowest BCUT2D eigenvalue weighted by Crippen LogP contribution is -2.24. The van der Waals surface area contributed by atoms with Crippen molar-refractivity contribution in [2.75, 3.05) is 0 Å². The lowest BCUT2D eigenvalue weighted by atomic mass is 10.5. The van der Waals surface area contributed by atoms with Gasteiger partial charge in [0.25, 0.3) is 0 Å². The van der Waals surface area contributed by atoms with Crippen molar-refractivity contribution >= 4 is 5.91 Å². The normalized spacial score (nSPS) is 10.6. The molecule has 0 aliphatic heterocycles. The number of amides is 1. The summed E-state index contributed by atoms with van der Waals surface area (Å²) in [5, 5.41) is 2.36. The van der Waals surface area contributed by atoms with Crippen LogP contribution in [0.4, 0.5) is 0 Å². The Kier molecular flexibility index (Phi) is 3.20. The topological polar surface area (TPSA) is 55.1 Å². The van der Waals surface area contributed by atoms with Crippen molar-refractivity contribution in [2.45, 2.75) is 6.92 Å². The van der Waals surface area contributed by atoms with Crippen LogP contribution in [0.15, 0.2) is 24.6 Å². The monoisotopic (exact) mass is 126 g/mol. The number of hydrogen-bond donors (Lipinski definition) is 2. The first kappa shape index (κ1) is 7.75. The van der Waals surface area contributed by atoms with E-state index in [4.69, 9.17) is 5.73 Å². The lowest BCUT2D eigenvalue weighted by Gasteiger charge is -1.97. The standard InChI is InChI=1S/C6H10N2O/c1-3-5(7)8-6(9)4-2/h3-4H,2,7H2,1H3,(H,8,9). The summed E-state index contributed by atoms with van der Waals surface area (Å²) in [5.41, 5.74) is 5.23. The van der Waals surface area contributed by atoms with Crippen molar-refractivity contribution in [1.29, 1.82) is 0 Å². The highest BCUT2D eigenvalue weighted by atomic mass is 16.1. The molecule has 0 atom stereocenters. The van der Waals surface area contributed by atoms with Crippen LogP contribution in [0.2, 0.25) is 0 Å². The molecule has 0 spiro atoms. The Morgan fingerprint density at radius 2 is 2.33 bits per heavy atom. The Morgan fingerprint density at radius 1 is 1.78 bits per heavy atom. The van der Waals surface area contributed by atoms with Crippen LogP contribution < -0.4 is 11.1 Å². The summed E-state index contributed by atoms with van der Waals surface area (Å²) in [6.45, 7) is 4.99. The molecule has 0 unspecified atom stereocenters. The van der Waals surface area contributed by atoms with E-state index in [-0.39, 0.29) is 5.91 Å². The molecule has 1 amide bonds. The van der Waals surface area contributed by atoms with E-state index in [0.29, 0.717) is 5.82 Å². The first-order valence-electron chi connectivity index (χ1n) is 2.56. The molecule has 0 radical (unpaired) electrons. The molecular formula is C6H10N2O. The molecule has 9 heavy (non-hydrogen) atoms. The van der Waals surface area contributed by atoms with Gasteiger partial charge in [0.15, 0.2) is 0 Å². The Morgan fingerprint density at radius 3 is 2.67 bits per heavy atom. The zero-order valence-corrected chi connectivity index (χ0v) is 5.35. The fourth-order valence-corrected chi connectivity index (χ4v) is 0.265. The van der Waals surface area contributed by atoms with Crippen molar-refractivity contribution in [3.05, 3.63) is 24.6 Å². The number of hydrogen-bond acceptors (Lipinski definition) is 2. The van der Waals surface area contributed by atoms with E-state index in [0.717, 1.165) is 6.08 Å². The van der Waals surface area contributed by atoms with Crippen LogP contribution in [0.3, 0.4) is 0 Å². The van der Waals surface area contributed by atoms with Crippen LogP contribution in [0.5, 0.6) is 0 Å². The Balaban J connectivity index is 3.74. The molecule has 3 nitrogen and oxygen atoms in total. The van der Waals surface area contributed by atoms with Crippen molar-refractivity contribution < 1.29 is 4.79 Å². The van der Waals surface area contributed by atoms with Gasteiger partial charge < -0.3 is 11.1 Å². The largest absolute Gasteiger partial charge is 0.385 e. The minimum atomic E-state index is -0.286. The summed E-state index contributed by atoms with van der Waals surface area (Å²) in [5.74, 6) is 0.0606. The van der Waals surface area contributed by atoms with Gasteiger partial charge in [-0.05, 0) is 19.1 Å². The lowest BCUT2D eigenvalue weighted by molar-refractivity contribution is -0.115. The second-order valence-electron chi connectivity index (χ2n) is 1.44. The molecule has 50 valence electrons. The number of allylic oxidation sites excluding steroid dienone is 1. The van der Waals surface area contributed by atoms with E-state index in [1.54, 1.807) is 13.0 Å². The predicted molar refractivity (Wildman–Crippen MR) is 36.3 cm³/mol. The van der Waals surface area contributed by atoms with Gasteiger partial charge in [0.1, 0.15) is 0 Å². The van der Waals surface area contributed by atoms with Crippen LogP contribution in [0, 0.1) is 0 Å². The highest BCUT2D eigenvalue weighted by Crippen LogP contribution is 1.75. The van der Waals surface area contributed by atoms with E-state index >= 15 is 0 Å². The number of carbonyl (C=O) groups is 1. The van der Waals surface area contributed by atoms with Crippen molar-refractivity contribution in [3.63, 3.8) is 0 Å². The van der Waals surface area contributed by atoms with Gasteiger partial charge in [-0.25, -0.2) is 0 Å². The maximum atomic E-state index is 10.4. The fraction of sp³-hybridized carbons (Fsp3) is 0.167. The quantitative estimate of drug-likeness (QED) is 0.516. The molecule has 0 aromatic carbocycles. The molecule has 0 saturated carbocycles. The summed E-state index contributed by atoms with van der Waals surface area (Å²) < 4.78 is 0. The van der Waals surface area contributed by atoms with Gasteiger partial charge in [0.2, 0.25) is 5.91 Å². The van der Waals surface area contributed by atoms with Crippen molar-refractivity contribution in [2.24, 2.45) is 5.73 Å². The average molecular weight is 126 g/mol. The van der Waals surface area contributed by atoms with E-state index in [1.165, 1.54) is 0 Å². The smallest absolute Gasteiger partial charge is 0.248 e. The number of nitrogens with one attached hydrogen (secondary N) is 1. The second-order valence-corrected chi connectivity index (χ2v) is 1.44. The minimum absolute atomic E-state index is 0.286.